The van der Waals surface area contributed by atoms with Gasteiger partial charge in [0.25, 0.3) is 0 Å². The lowest BCUT2D eigenvalue weighted by Gasteiger charge is -2.04. The molecular weight excluding hydrogens is 367 g/mol. The number of hydrogen-bond donors (Lipinski definition) is 3. The first-order valence-corrected chi connectivity index (χ1v) is 9.41. The van der Waals surface area contributed by atoms with E-state index in [1.54, 1.807) is 0 Å². The Morgan fingerprint density at radius 1 is 1.24 bits per heavy atom. The molecule has 4 N–H and O–H groups in total. The maximum Gasteiger partial charge on any atom is 0.391 e. The SMILES string of the molecule is Nc1nc(-c2ccc(P(=O)(O)O)o2)c(C(=O)OCc2ccccc2)s1. The monoisotopic (exact) mass is 380 g/mol. The number of nitrogens with zero attached hydrogens (tertiary/aromatic N) is 1. The standard InChI is InChI=1S/C15H13N2O6PS/c16-15-17-12(10-6-7-11(23-10)24(19,20)21)13(25-15)14(18)22-8-9-4-2-1-3-5-9/h1-7H,8H2,(H2,16,17)(H2,19,20,21). The van der Waals surface area contributed by atoms with Crippen LogP contribution in [0.1, 0.15) is 15.2 Å². The third-order valence-electron chi connectivity index (χ3n) is 3.15. The van der Waals surface area contributed by atoms with Crippen molar-refractivity contribution in [1.29, 1.82) is 0 Å². The Balaban J connectivity index is 1.84. The van der Waals surface area contributed by atoms with Gasteiger partial charge in [0.05, 0.1) is 0 Å². The fourth-order valence-electron chi connectivity index (χ4n) is 2.04. The Kier molecular flexibility index (Phi) is 4.73. The smallest absolute Gasteiger partial charge is 0.391 e. The largest absolute Gasteiger partial charge is 0.457 e. The van der Waals surface area contributed by atoms with Crippen molar-refractivity contribution in [3.05, 3.63) is 52.9 Å². The maximum atomic E-state index is 12.3. The number of aromatic nitrogens is 1. The predicted molar refractivity (Wildman–Crippen MR) is 91.5 cm³/mol. The zero-order valence-corrected chi connectivity index (χ0v) is 14.4. The average Bonchev–Trinajstić information content (AvgIpc) is 3.19. The van der Waals surface area contributed by atoms with E-state index in [4.69, 9.17) is 24.7 Å². The first-order chi connectivity index (χ1) is 11.8. The number of nitrogen functional groups attached to an aromatic ring is 1. The summed E-state index contributed by atoms with van der Waals surface area (Å²) in [6.07, 6.45) is 0. The normalized spacial score (nSPS) is 11.4. The summed E-state index contributed by atoms with van der Waals surface area (Å²) in [6.45, 7) is 0.0722. The van der Waals surface area contributed by atoms with Crippen LogP contribution in [0.25, 0.3) is 11.5 Å². The molecule has 0 spiro atoms. The summed E-state index contributed by atoms with van der Waals surface area (Å²) in [7, 11) is -4.54. The molecular formula is C15H13N2O6PS. The molecule has 0 amide bonds. The highest BCUT2D eigenvalue weighted by molar-refractivity contribution is 7.59. The van der Waals surface area contributed by atoms with E-state index in [1.165, 1.54) is 6.07 Å². The molecule has 25 heavy (non-hydrogen) atoms. The van der Waals surface area contributed by atoms with E-state index in [-0.39, 0.29) is 28.1 Å². The third kappa shape index (κ3) is 3.97. The number of hydrogen-bond acceptors (Lipinski definition) is 7. The molecule has 0 radical (unpaired) electrons. The minimum atomic E-state index is -4.54. The fraction of sp³-hybridized carbons (Fsp3) is 0.0667. The van der Waals surface area contributed by atoms with E-state index in [2.05, 4.69) is 4.98 Å². The van der Waals surface area contributed by atoms with Crippen molar-refractivity contribution in [2.45, 2.75) is 6.61 Å². The molecule has 8 nitrogen and oxygen atoms in total. The van der Waals surface area contributed by atoms with Gasteiger partial charge < -0.3 is 24.7 Å². The Labute approximate surface area is 146 Å². The van der Waals surface area contributed by atoms with Gasteiger partial charge in [0.1, 0.15) is 17.2 Å². The molecule has 2 aromatic heterocycles. The van der Waals surface area contributed by atoms with Gasteiger partial charge >= 0.3 is 13.6 Å². The van der Waals surface area contributed by atoms with Crippen molar-refractivity contribution in [2.75, 3.05) is 5.73 Å². The number of furan rings is 1. The maximum absolute atomic E-state index is 12.3. The lowest BCUT2D eigenvalue weighted by Crippen LogP contribution is -2.05. The number of benzene rings is 1. The van der Waals surface area contributed by atoms with E-state index in [0.29, 0.717) is 0 Å². The highest BCUT2D eigenvalue weighted by atomic mass is 32.1. The highest BCUT2D eigenvalue weighted by Gasteiger charge is 2.26. The molecule has 0 bridgehead atoms. The summed E-state index contributed by atoms with van der Waals surface area (Å²) >= 11 is 0.907. The predicted octanol–water partition coefficient (Wildman–Crippen LogP) is 2.15. The van der Waals surface area contributed by atoms with Crippen LogP contribution in [0, 0.1) is 0 Å². The zero-order chi connectivity index (χ0) is 18.0. The van der Waals surface area contributed by atoms with E-state index < -0.39 is 19.1 Å². The van der Waals surface area contributed by atoms with Crippen molar-refractivity contribution < 1.29 is 28.3 Å². The van der Waals surface area contributed by atoms with E-state index >= 15 is 0 Å². The molecule has 0 unspecified atom stereocenters. The van der Waals surface area contributed by atoms with Gasteiger partial charge in [-0.1, -0.05) is 41.7 Å². The number of ether oxygens (including phenoxy) is 1. The topological polar surface area (TPSA) is 136 Å². The quantitative estimate of drug-likeness (QED) is 0.452. The Morgan fingerprint density at radius 2 is 1.96 bits per heavy atom. The van der Waals surface area contributed by atoms with Crippen LogP contribution in [0.4, 0.5) is 5.13 Å². The molecule has 0 aliphatic rings. The molecule has 130 valence electrons. The molecule has 1 aromatic carbocycles. The van der Waals surface area contributed by atoms with Crippen LogP contribution >= 0.6 is 18.9 Å². The number of anilines is 1. The molecule has 2 heterocycles. The first kappa shape index (κ1) is 17.4. The van der Waals surface area contributed by atoms with Gasteiger partial charge in [0.15, 0.2) is 10.9 Å². The number of carbonyl (C=O) groups is 1. The van der Waals surface area contributed by atoms with Crippen LogP contribution in [0.3, 0.4) is 0 Å². The Morgan fingerprint density at radius 3 is 2.60 bits per heavy atom. The molecule has 0 saturated carbocycles. The molecule has 0 aliphatic carbocycles. The minimum absolute atomic E-state index is 0.0259. The average molecular weight is 380 g/mol. The lowest BCUT2D eigenvalue weighted by molar-refractivity contribution is 0.0479. The van der Waals surface area contributed by atoms with Crippen molar-refractivity contribution >= 4 is 35.5 Å². The Hall–Kier alpha value is -2.45. The lowest BCUT2D eigenvalue weighted by atomic mass is 10.2. The molecule has 0 saturated heterocycles. The van der Waals surface area contributed by atoms with Crippen LogP contribution in [0.15, 0.2) is 46.9 Å². The van der Waals surface area contributed by atoms with E-state index in [0.717, 1.165) is 23.0 Å². The van der Waals surface area contributed by atoms with Gasteiger partial charge in [0, 0.05) is 0 Å². The van der Waals surface area contributed by atoms with Crippen molar-refractivity contribution in [1.82, 2.24) is 4.98 Å². The second-order valence-electron chi connectivity index (χ2n) is 4.97. The van der Waals surface area contributed by atoms with Crippen molar-refractivity contribution in [3.8, 4) is 11.5 Å². The summed E-state index contributed by atoms with van der Waals surface area (Å²) < 4.78 is 21.6. The van der Waals surface area contributed by atoms with Crippen LogP contribution in [0.2, 0.25) is 0 Å². The van der Waals surface area contributed by atoms with Gasteiger partial charge in [-0.3, -0.25) is 4.57 Å². The molecule has 3 rings (SSSR count). The van der Waals surface area contributed by atoms with Gasteiger partial charge in [-0.15, -0.1) is 0 Å². The van der Waals surface area contributed by atoms with Gasteiger partial charge in [-0.2, -0.15) is 0 Å². The second kappa shape index (κ2) is 6.81. The van der Waals surface area contributed by atoms with Crippen LogP contribution in [0.5, 0.6) is 0 Å². The third-order valence-corrected chi connectivity index (χ3v) is 4.83. The van der Waals surface area contributed by atoms with Gasteiger partial charge in [-0.25, -0.2) is 9.78 Å². The summed E-state index contributed by atoms with van der Waals surface area (Å²) in [4.78, 5) is 34.7. The van der Waals surface area contributed by atoms with Crippen molar-refractivity contribution in [3.63, 3.8) is 0 Å². The van der Waals surface area contributed by atoms with Gasteiger partial charge in [-0.05, 0) is 17.7 Å². The molecule has 0 fully saturated rings. The van der Waals surface area contributed by atoms with Gasteiger partial charge in [0.2, 0.25) is 5.50 Å². The van der Waals surface area contributed by atoms with E-state index in [9.17, 15) is 9.36 Å². The highest BCUT2D eigenvalue weighted by Crippen LogP contribution is 2.37. The van der Waals surface area contributed by atoms with Crippen LogP contribution < -0.4 is 11.2 Å². The minimum Gasteiger partial charge on any atom is -0.457 e. The summed E-state index contributed by atoms with van der Waals surface area (Å²) in [6, 6.07) is 11.6. The second-order valence-corrected chi connectivity index (χ2v) is 7.53. The molecule has 0 aliphatic heterocycles. The fourth-order valence-corrected chi connectivity index (χ4v) is 3.26. The summed E-state index contributed by atoms with van der Waals surface area (Å²) in [5, 5.41) is 0.107. The molecule has 10 heteroatoms. The number of thiazole rings is 1. The Bertz CT molecular complexity index is 946. The number of carbonyl (C=O) groups excluding carboxylic acids is 1. The van der Waals surface area contributed by atoms with Crippen LogP contribution in [-0.4, -0.2) is 20.7 Å². The number of esters is 1. The number of nitrogens with two attached hydrogens (primary N) is 1. The zero-order valence-electron chi connectivity index (χ0n) is 12.7. The van der Waals surface area contributed by atoms with Crippen LogP contribution in [-0.2, 0) is 15.9 Å². The molecule has 0 atom stereocenters. The summed E-state index contributed by atoms with van der Waals surface area (Å²) in [5.41, 5.74) is 6.04. The first-order valence-electron chi connectivity index (χ1n) is 6.98. The van der Waals surface area contributed by atoms with E-state index in [1.807, 2.05) is 30.3 Å². The summed E-state index contributed by atoms with van der Waals surface area (Å²) in [5.74, 6) is -0.625. The molecule has 3 aromatic rings. The van der Waals surface area contributed by atoms with Crippen molar-refractivity contribution in [2.24, 2.45) is 0 Å². The number of rotatable bonds is 5.